The van der Waals surface area contributed by atoms with Gasteiger partial charge in [-0.15, -0.1) is 5.10 Å². The Morgan fingerprint density at radius 2 is 2.53 bits per heavy atom. The molecular weight excluding hydrogens is 192 g/mol. The molecule has 1 aliphatic rings. The van der Waals surface area contributed by atoms with Crippen LogP contribution in [0.4, 0.5) is 0 Å². The van der Waals surface area contributed by atoms with Gasteiger partial charge < -0.3 is 10.1 Å². The van der Waals surface area contributed by atoms with Crippen LogP contribution in [0.25, 0.3) is 0 Å². The number of nitrogens with one attached hydrogen (secondary N) is 1. The molecule has 2 unspecified atom stereocenters. The maximum absolute atomic E-state index is 5.51. The summed E-state index contributed by atoms with van der Waals surface area (Å²) >= 11 is 0. The molecule has 1 aliphatic heterocycles. The van der Waals surface area contributed by atoms with Crippen LogP contribution in [0.15, 0.2) is 6.20 Å². The van der Waals surface area contributed by atoms with E-state index in [1.54, 1.807) is 0 Å². The predicted octanol–water partition coefficient (Wildman–Crippen LogP) is 0.502. The largest absolute Gasteiger partial charge is 0.381 e. The van der Waals surface area contributed by atoms with Crippen LogP contribution in [-0.4, -0.2) is 35.3 Å². The highest BCUT2D eigenvalue weighted by atomic mass is 16.5. The lowest BCUT2D eigenvalue weighted by Crippen LogP contribution is -2.32. The van der Waals surface area contributed by atoms with Crippen LogP contribution in [0.3, 0.4) is 0 Å². The molecular formula is C10H18N4O. The van der Waals surface area contributed by atoms with Gasteiger partial charge in [0.1, 0.15) is 0 Å². The van der Waals surface area contributed by atoms with Gasteiger partial charge in [-0.05, 0) is 19.9 Å². The highest BCUT2D eigenvalue weighted by molar-refractivity contribution is 5.04. The quantitative estimate of drug-likeness (QED) is 0.789. The van der Waals surface area contributed by atoms with E-state index in [-0.39, 0.29) is 0 Å². The summed E-state index contributed by atoms with van der Waals surface area (Å²) < 4.78 is 7.34. The Kier molecular flexibility index (Phi) is 3.33. The van der Waals surface area contributed by atoms with E-state index >= 15 is 0 Å². The van der Waals surface area contributed by atoms with Gasteiger partial charge >= 0.3 is 0 Å². The SMILES string of the molecule is CNC(c1cnnn1C)C1CCCOC1. The van der Waals surface area contributed by atoms with E-state index in [4.69, 9.17) is 4.74 Å². The summed E-state index contributed by atoms with van der Waals surface area (Å²) in [5, 5.41) is 11.2. The first kappa shape index (κ1) is 10.6. The molecule has 15 heavy (non-hydrogen) atoms. The molecule has 1 fully saturated rings. The van der Waals surface area contributed by atoms with Crippen molar-refractivity contribution in [3.05, 3.63) is 11.9 Å². The zero-order chi connectivity index (χ0) is 10.7. The average molecular weight is 210 g/mol. The highest BCUT2D eigenvalue weighted by Gasteiger charge is 2.26. The van der Waals surface area contributed by atoms with Crippen molar-refractivity contribution in [1.29, 1.82) is 0 Å². The molecule has 1 N–H and O–H groups in total. The summed E-state index contributed by atoms with van der Waals surface area (Å²) in [6.45, 7) is 1.73. The molecule has 0 spiro atoms. The summed E-state index contributed by atoms with van der Waals surface area (Å²) in [6, 6.07) is 0.297. The second kappa shape index (κ2) is 4.72. The van der Waals surface area contributed by atoms with Gasteiger partial charge in [0.05, 0.1) is 24.5 Å². The second-order valence-corrected chi connectivity index (χ2v) is 4.03. The van der Waals surface area contributed by atoms with Gasteiger partial charge in [-0.25, -0.2) is 0 Å². The van der Waals surface area contributed by atoms with Gasteiger partial charge in [0.25, 0.3) is 0 Å². The summed E-state index contributed by atoms with van der Waals surface area (Å²) in [5.41, 5.74) is 1.13. The molecule has 2 atom stereocenters. The van der Waals surface area contributed by atoms with Crippen LogP contribution < -0.4 is 5.32 Å². The number of ether oxygens (including phenoxy) is 1. The molecule has 5 nitrogen and oxygen atoms in total. The molecule has 0 aliphatic carbocycles. The first-order chi connectivity index (χ1) is 7.33. The summed E-state index contributed by atoms with van der Waals surface area (Å²) in [4.78, 5) is 0. The predicted molar refractivity (Wildman–Crippen MR) is 56.3 cm³/mol. The molecule has 1 saturated heterocycles. The van der Waals surface area contributed by atoms with E-state index < -0.39 is 0 Å². The minimum Gasteiger partial charge on any atom is -0.381 e. The molecule has 0 saturated carbocycles. The number of aryl methyl sites for hydroxylation is 1. The lowest BCUT2D eigenvalue weighted by molar-refractivity contribution is 0.0390. The van der Waals surface area contributed by atoms with Crippen molar-refractivity contribution in [3.8, 4) is 0 Å². The van der Waals surface area contributed by atoms with Gasteiger partial charge in [-0.1, -0.05) is 5.21 Å². The van der Waals surface area contributed by atoms with E-state index in [2.05, 4.69) is 15.6 Å². The number of hydrogen-bond acceptors (Lipinski definition) is 4. The Morgan fingerprint density at radius 1 is 1.67 bits per heavy atom. The molecule has 0 amide bonds. The van der Waals surface area contributed by atoms with Crippen LogP contribution >= 0.6 is 0 Å². The fourth-order valence-electron chi connectivity index (χ4n) is 2.23. The Bertz CT molecular complexity index is 306. The maximum atomic E-state index is 5.51. The molecule has 2 heterocycles. The Hall–Kier alpha value is -0.940. The molecule has 5 heteroatoms. The van der Waals surface area contributed by atoms with Gasteiger partial charge in [0, 0.05) is 19.6 Å². The summed E-state index contributed by atoms with van der Waals surface area (Å²) in [5.74, 6) is 0.529. The van der Waals surface area contributed by atoms with Crippen molar-refractivity contribution in [2.45, 2.75) is 18.9 Å². The fraction of sp³-hybridized carbons (Fsp3) is 0.800. The minimum absolute atomic E-state index is 0.297. The molecule has 1 aromatic heterocycles. The van der Waals surface area contributed by atoms with E-state index in [1.807, 2.05) is 25.0 Å². The van der Waals surface area contributed by atoms with Gasteiger partial charge in [-0.3, -0.25) is 4.68 Å². The first-order valence-electron chi connectivity index (χ1n) is 5.42. The van der Waals surface area contributed by atoms with E-state index in [9.17, 15) is 0 Å². The van der Waals surface area contributed by atoms with Crippen molar-refractivity contribution < 1.29 is 4.74 Å². The second-order valence-electron chi connectivity index (χ2n) is 4.03. The van der Waals surface area contributed by atoms with Crippen molar-refractivity contribution in [3.63, 3.8) is 0 Å². The Morgan fingerprint density at radius 3 is 3.07 bits per heavy atom. The van der Waals surface area contributed by atoms with Crippen molar-refractivity contribution in [1.82, 2.24) is 20.3 Å². The Labute approximate surface area is 89.8 Å². The summed E-state index contributed by atoms with van der Waals surface area (Å²) in [6.07, 6.45) is 4.18. The van der Waals surface area contributed by atoms with Crippen LogP contribution in [-0.2, 0) is 11.8 Å². The highest BCUT2D eigenvalue weighted by Crippen LogP contribution is 2.27. The molecule has 84 valence electrons. The van der Waals surface area contributed by atoms with Gasteiger partial charge in [0.15, 0.2) is 0 Å². The fourth-order valence-corrected chi connectivity index (χ4v) is 2.23. The zero-order valence-electron chi connectivity index (χ0n) is 9.31. The molecule has 0 aromatic carbocycles. The molecule has 2 rings (SSSR count). The number of aromatic nitrogens is 3. The monoisotopic (exact) mass is 210 g/mol. The first-order valence-corrected chi connectivity index (χ1v) is 5.42. The molecule has 0 radical (unpaired) electrons. The standard InChI is InChI=1S/C10H18N4O/c1-11-10(8-4-3-5-15-7-8)9-6-12-13-14(9)2/h6,8,10-11H,3-5,7H2,1-2H3. The lowest BCUT2D eigenvalue weighted by Gasteiger charge is -2.29. The van der Waals surface area contributed by atoms with Gasteiger partial charge in [0.2, 0.25) is 0 Å². The number of hydrogen-bond donors (Lipinski definition) is 1. The van der Waals surface area contributed by atoms with E-state index in [1.165, 1.54) is 6.42 Å². The minimum atomic E-state index is 0.297. The summed E-state index contributed by atoms with van der Waals surface area (Å²) in [7, 11) is 3.91. The smallest absolute Gasteiger partial charge is 0.0756 e. The topological polar surface area (TPSA) is 52.0 Å². The average Bonchev–Trinajstić information content (AvgIpc) is 2.68. The molecule has 1 aromatic rings. The van der Waals surface area contributed by atoms with E-state index in [0.29, 0.717) is 12.0 Å². The number of nitrogens with zero attached hydrogens (tertiary/aromatic N) is 3. The van der Waals surface area contributed by atoms with Crippen molar-refractivity contribution >= 4 is 0 Å². The van der Waals surface area contributed by atoms with Crippen molar-refractivity contribution in [2.24, 2.45) is 13.0 Å². The third-order valence-electron chi connectivity index (χ3n) is 3.05. The van der Waals surface area contributed by atoms with Crippen molar-refractivity contribution in [2.75, 3.05) is 20.3 Å². The van der Waals surface area contributed by atoms with Crippen LogP contribution in [0.5, 0.6) is 0 Å². The number of rotatable bonds is 3. The maximum Gasteiger partial charge on any atom is 0.0756 e. The third-order valence-corrected chi connectivity index (χ3v) is 3.05. The van der Waals surface area contributed by atoms with Gasteiger partial charge in [-0.2, -0.15) is 0 Å². The zero-order valence-corrected chi connectivity index (χ0v) is 9.31. The normalized spacial score (nSPS) is 24.0. The Balaban J connectivity index is 2.12. The van der Waals surface area contributed by atoms with Crippen LogP contribution in [0.1, 0.15) is 24.6 Å². The lowest BCUT2D eigenvalue weighted by atomic mass is 9.92. The van der Waals surface area contributed by atoms with Crippen LogP contribution in [0.2, 0.25) is 0 Å². The third kappa shape index (κ3) is 2.18. The molecule has 0 bridgehead atoms. The van der Waals surface area contributed by atoms with Crippen LogP contribution in [0, 0.1) is 5.92 Å². The van der Waals surface area contributed by atoms with E-state index in [0.717, 1.165) is 25.3 Å².